The molecule has 1 unspecified atom stereocenters. The zero-order valence-electron chi connectivity index (χ0n) is 12.8. The molecule has 5 nitrogen and oxygen atoms in total. The molecule has 3 rings (SSSR count). The maximum absolute atomic E-state index is 4.51. The quantitative estimate of drug-likeness (QED) is 0.860. The molecule has 0 N–H and O–H groups in total. The summed E-state index contributed by atoms with van der Waals surface area (Å²) in [5.41, 5.74) is 2.16. The average Bonchev–Trinajstić information content (AvgIpc) is 3.02. The third kappa shape index (κ3) is 2.25. The van der Waals surface area contributed by atoms with E-state index in [0.717, 1.165) is 48.3 Å². The van der Waals surface area contributed by atoms with E-state index in [-0.39, 0.29) is 0 Å². The molecule has 0 saturated carbocycles. The molecular formula is C15H23N5. The SMILES string of the molecule is CCn1cc(-c2nnc3n2CC(CC(C)C)C3)c(C)n1. The Bertz CT molecular complexity index is 608. The highest BCUT2D eigenvalue weighted by Crippen LogP contribution is 2.30. The van der Waals surface area contributed by atoms with Gasteiger partial charge in [0.2, 0.25) is 0 Å². The lowest BCUT2D eigenvalue weighted by Crippen LogP contribution is -2.07. The molecule has 108 valence electrons. The van der Waals surface area contributed by atoms with Gasteiger partial charge in [0.1, 0.15) is 5.82 Å². The Kier molecular flexibility index (Phi) is 3.36. The van der Waals surface area contributed by atoms with Gasteiger partial charge in [-0.15, -0.1) is 10.2 Å². The maximum atomic E-state index is 4.51. The fraction of sp³-hybridized carbons (Fsp3) is 0.667. The number of aryl methyl sites for hydroxylation is 2. The van der Waals surface area contributed by atoms with Crippen molar-refractivity contribution in [2.24, 2.45) is 11.8 Å². The highest BCUT2D eigenvalue weighted by atomic mass is 15.3. The Labute approximate surface area is 120 Å². The minimum atomic E-state index is 0.709. The molecule has 0 aliphatic carbocycles. The van der Waals surface area contributed by atoms with Gasteiger partial charge in [-0.2, -0.15) is 5.10 Å². The van der Waals surface area contributed by atoms with Gasteiger partial charge in [0.05, 0.1) is 11.3 Å². The van der Waals surface area contributed by atoms with E-state index in [9.17, 15) is 0 Å². The molecule has 5 heteroatoms. The predicted molar refractivity (Wildman–Crippen MR) is 78.3 cm³/mol. The summed E-state index contributed by atoms with van der Waals surface area (Å²) in [4.78, 5) is 0. The third-order valence-electron chi connectivity index (χ3n) is 4.06. The van der Waals surface area contributed by atoms with Gasteiger partial charge < -0.3 is 4.57 Å². The van der Waals surface area contributed by atoms with Crippen LogP contribution in [0.2, 0.25) is 0 Å². The van der Waals surface area contributed by atoms with E-state index in [4.69, 9.17) is 0 Å². The minimum Gasteiger partial charge on any atom is -0.311 e. The maximum Gasteiger partial charge on any atom is 0.167 e. The van der Waals surface area contributed by atoms with E-state index in [1.807, 2.05) is 11.6 Å². The first kappa shape index (κ1) is 13.3. The van der Waals surface area contributed by atoms with E-state index >= 15 is 0 Å². The summed E-state index contributed by atoms with van der Waals surface area (Å²) in [6.07, 6.45) is 4.41. The molecule has 0 radical (unpaired) electrons. The first-order valence-electron chi connectivity index (χ1n) is 7.55. The molecule has 0 saturated heterocycles. The minimum absolute atomic E-state index is 0.709. The molecule has 2 aromatic rings. The Morgan fingerprint density at radius 3 is 2.80 bits per heavy atom. The van der Waals surface area contributed by atoms with E-state index in [0.29, 0.717) is 5.92 Å². The summed E-state index contributed by atoms with van der Waals surface area (Å²) in [5, 5.41) is 13.3. The zero-order valence-corrected chi connectivity index (χ0v) is 12.8. The van der Waals surface area contributed by atoms with Gasteiger partial charge in [0.25, 0.3) is 0 Å². The molecule has 0 aromatic carbocycles. The zero-order chi connectivity index (χ0) is 14.3. The van der Waals surface area contributed by atoms with Crippen molar-refractivity contribution in [1.29, 1.82) is 0 Å². The fourth-order valence-corrected chi connectivity index (χ4v) is 3.18. The molecule has 2 aromatic heterocycles. The molecule has 1 aliphatic rings. The number of aromatic nitrogens is 5. The van der Waals surface area contributed by atoms with Crippen LogP contribution in [0.5, 0.6) is 0 Å². The Balaban J connectivity index is 1.89. The molecule has 0 bridgehead atoms. The first-order chi connectivity index (χ1) is 9.58. The molecule has 1 aliphatic heterocycles. The third-order valence-corrected chi connectivity index (χ3v) is 4.06. The fourth-order valence-electron chi connectivity index (χ4n) is 3.18. The second-order valence-corrected chi connectivity index (χ2v) is 6.23. The van der Waals surface area contributed by atoms with Gasteiger partial charge in [-0.05, 0) is 32.1 Å². The summed E-state index contributed by atoms with van der Waals surface area (Å²) in [5.74, 6) is 3.57. The molecule has 0 spiro atoms. The van der Waals surface area contributed by atoms with Gasteiger partial charge in [0.15, 0.2) is 5.82 Å². The molecular weight excluding hydrogens is 250 g/mol. The number of rotatable bonds is 4. The van der Waals surface area contributed by atoms with Crippen LogP contribution in [-0.4, -0.2) is 24.5 Å². The van der Waals surface area contributed by atoms with Crippen LogP contribution >= 0.6 is 0 Å². The molecule has 0 fully saturated rings. The predicted octanol–water partition coefficient (Wildman–Crippen LogP) is 2.69. The van der Waals surface area contributed by atoms with Crippen molar-refractivity contribution in [3.05, 3.63) is 17.7 Å². The van der Waals surface area contributed by atoms with Gasteiger partial charge in [-0.1, -0.05) is 13.8 Å². The van der Waals surface area contributed by atoms with Crippen LogP contribution in [0.1, 0.15) is 38.7 Å². The van der Waals surface area contributed by atoms with Gasteiger partial charge in [0, 0.05) is 25.7 Å². The monoisotopic (exact) mass is 273 g/mol. The number of fused-ring (bicyclic) bond motifs is 1. The lowest BCUT2D eigenvalue weighted by Gasteiger charge is -2.11. The smallest absolute Gasteiger partial charge is 0.167 e. The topological polar surface area (TPSA) is 48.5 Å². The van der Waals surface area contributed by atoms with Crippen LogP contribution in [0.25, 0.3) is 11.4 Å². The first-order valence-corrected chi connectivity index (χ1v) is 7.55. The molecule has 0 amide bonds. The van der Waals surface area contributed by atoms with Crippen LogP contribution in [0.15, 0.2) is 6.20 Å². The summed E-state index contributed by atoms with van der Waals surface area (Å²) in [7, 11) is 0. The van der Waals surface area contributed by atoms with Crippen LogP contribution in [-0.2, 0) is 19.5 Å². The van der Waals surface area contributed by atoms with Crippen LogP contribution < -0.4 is 0 Å². The van der Waals surface area contributed by atoms with E-state index in [2.05, 4.69) is 46.8 Å². The van der Waals surface area contributed by atoms with E-state index in [1.54, 1.807) is 0 Å². The largest absolute Gasteiger partial charge is 0.311 e. The second-order valence-electron chi connectivity index (χ2n) is 6.23. The van der Waals surface area contributed by atoms with Crippen molar-refractivity contribution in [2.45, 2.75) is 53.6 Å². The Morgan fingerprint density at radius 2 is 2.15 bits per heavy atom. The second kappa shape index (κ2) is 5.04. The Morgan fingerprint density at radius 1 is 1.35 bits per heavy atom. The highest BCUT2D eigenvalue weighted by molar-refractivity contribution is 5.57. The standard InChI is InChI=1S/C15H23N5/c1-5-19-9-13(11(4)18-19)15-17-16-14-7-12(6-10(2)3)8-20(14)15/h9-10,12H,5-8H2,1-4H3. The van der Waals surface area contributed by atoms with E-state index in [1.165, 1.54) is 6.42 Å². The van der Waals surface area contributed by atoms with Crippen molar-refractivity contribution in [3.63, 3.8) is 0 Å². The van der Waals surface area contributed by atoms with Crippen molar-refractivity contribution >= 4 is 0 Å². The van der Waals surface area contributed by atoms with Crippen molar-refractivity contribution in [2.75, 3.05) is 0 Å². The summed E-state index contributed by atoms with van der Waals surface area (Å²) < 4.78 is 4.25. The number of hydrogen-bond acceptors (Lipinski definition) is 3. The van der Waals surface area contributed by atoms with Gasteiger partial charge in [-0.3, -0.25) is 4.68 Å². The normalized spacial score (nSPS) is 17.9. The lowest BCUT2D eigenvalue weighted by atomic mass is 9.96. The summed E-state index contributed by atoms with van der Waals surface area (Å²) in [6, 6.07) is 0. The van der Waals surface area contributed by atoms with Crippen LogP contribution in [0, 0.1) is 18.8 Å². The van der Waals surface area contributed by atoms with Crippen molar-refractivity contribution < 1.29 is 0 Å². The van der Waals surface area contributed by atoms with Crippen molar-refractivity contribution in [1.82, 2.24) is 24.5 Å². The number of nitrogens with zero attached hydrogens (tertiary/aromatic N) is 5. The summed E-state index contributed by atoms with van der Waals surface area (Å²) >= 11 is 0. The summed E-state index contributed by atoms with van der Waals surface area (Å²) in [6.45, 7) is 10.7. The van der Waals surface area contributed by atoms with Crippen molar-refractivity contribution in [3.8, 4) is 11.4 Å². The van der Waals surface area contributed by atoms with E-state index < -0.39 is 0 Å². The van der Waals surface area contributed by atoms with Crippen LogP contribution in [0.3, 0.4) is 0 Å². The number of hydrogen-bond donors (Lipinski definition) is 0. The van der Waals surface area contributed by atoms with Gasteiger partial charge >= 0.3 is 0 Å². The molecule has 20 heavy (non-hydrogen) atoms. The molecule has 1 atom stereocenters. The highest BCUT2D eigenvalue weighted by Gasteiger charge is 2.28. The molecule has 3 heterocycles. The van der Waals surface area contributed by atoms with Crippen LogP contribution in [0.4, 0.5) is 0 Å². The lowest BCUT2D eigenvalue weighted by molar-refractivity contribution is 0.401. The Hall–Kier alpha value is -1.65. The van der Waals surface area contributed by atoms with Gasteiger partial charge in [-0.25, -0.2) is 0 Å². The average molecular weight is 273 g/mol.